The predicted octanol–water partition coefficient (Wildman–Crippen LogP) is 2.68. The third kappa shape index (κ3) is 2.74. The van der Waals surface area contributed by atoms with Gasteiger partial charge in [-0.1, -0.05) is 0 Å². The summed E-state index contributed by atoms with van der Waals surface area (Å²) in [6.45, 7) is 3.78. The van der Waals surface area contributed by atoms with Gasteiger partial charge in [-0.2, -0.15) is 5.26 Å². The lowest BCUT2D eigenvalue weighted by Gasteiger charge is -2.12. The van der Waals surface area contributed by atoms with Gasteiger partial charge in [0.05, 0.1) is 18.6 Å². The summed E-state index contributed by atoms with van der Waals surface area (Å²) < 4.78 is 18.3. The summed E-state index contributed by atoms with van der Waals surface area (Å²) in [5.74, 6) is 0.245. The molecule has 0 aliphatic carbocycles. The third-order valence-corrected chi connectivity index (χ3v) is 1.65. The molecule has 0 atom stereocenters. The summed E-state index contributed by atoms with van der Waals surface area (Å²) in [5, 5.41) is 8.54. The van der Waals surface area contributed by atoms with Crippen LogP contribution in [0.2, 0.25) is 0 Å². The van der Waals surface area contributed by atoms with Crippen molar-refractivity contribution in [2.45, 2.75) is 26.4 Å². The van der Waals surface area contributed by atoms with Crippen molar-refractivity contribution < 1.29 is 9.13 Å². The van der Waals surface area contributed by atoms with Gasteiger partial charge in [0.15, 0.2) is 0 Å². The van der Waals surface area contributed by atoms with Gasteiger partial charge in [-0.3, -0.25) is 0 Å². The number of ether oxygens (including phenoxy) is 1. The van der Waals surface area contributed by atoms with E-state index >= 15 is 0 Å². The zero-order valence-corrected chi connectivity index (χ0v) is 8.25. The van der Waals surface area contributed by atoms with E-state index in [1.807, 2.05) is 19.9 Å². The summed E-state index contributed by atoms with van der Waals surface area (Å²) in [6.07, 6.45) is 0.192. The molecule has 0 unspecified atom stereocenters. The Hall–Kier alpha value is -1.56. The Labute approximate surface area is 82.9 Å². The van der Waals surface area contributed by atoms with Crippen molar-refractivity contribution in [3.05, 3.63) is 29.6 Å². The van der Waals surface area contributed by atoms with Crippen molar-refractivity contribution in [1.29, 1.82) is 5.26 Å². The van der Waals surface area contributed by atoms with Gasteiger partial charge in [0, 0.05) is 5.56 Å². The molecule has 0 bridgehead atoms. The zero-order valence-electron chi connectivity index (χ0n) is 8.25. The second-order valence-electron chi connectivity index (χ2n) is 3.25. The highest BCUT2D eigenvalue weighted by molar-refractivity contribution is 5.35. The van der Waals surface area contributed by atoms with Crippen LogP contribution in [0, 0.1) is 17.1 Å². The maximum Gasteiger partial charge on any atom is 0.124 e. The summed E-state index contributed by atoms with van der Waals surface area (Å²) in [5.41, 5.74) is 0.598. The Bertz CT molecular complexity index is 355. The third-order valence-electron chi connectivity index (χ3n) is 1.65. The molecule has 0 aliphatic heterocycles. The van der Waals surface area contributed by atoms with Crippen LogP contribution >= 0.6 is 0 Å². The first kappa shape index (κ1) is 10.5. The Kier molecular flexibility index (Phi) is 3.47. The molecule has 0 amide bonds. The largest absolute Gasteiger partial charge is 0.491 e. The van der Waals surface area contributed by atoms with Crippen LogP contribution in [-0.2, 0) is 6.42 Å². The smallest absolute Gasteiger partial charge is 0.124 e. The minimum absolute atomic E-state index is 0.0258. The lowest BCUT2D eigenvalue weighted by molar-refractivity contribution is 0.240. The van der Waals surface area contributed by atoms with Crippen molar-refractivity contribution in [1.82, 2.24) is 0 Å². The Morgan fingerprint density at radius 1 is 1.50 bits per heavy atom. The maximum atomic E-state index is 12.8. The standard InChI is InChI=1S/C11H12FNO/c1-8(2)14-11-4-3-10(12)7-9(11)5-6-13/h3-4,7-8H,5H2,1-2H3. The van der Waals surface area contributed by atoms with E-state index in [9.17, 15) is 4.39 Å². The van der Waals surface area contributed by atoms with E-state index in [4.69, 9.17) is 10.00 Å². The molecule has 0 spiro atoms. The first-order valence-corrected chi connectivity index (χ1v) is 4.45. The van der Waals surface area contributed by atoms with Crippen LogP contribution in [0.3, 0.4) is 0 Å². The maximum absolute atomic E-state index is 12.8. The second kappa shape index (κ2) is 4.61. The fourth-order valence-corrected chi connectivity index (χ4v) is 1.14. The molecular weight excluding hydrogens is 181 g/mol. The molecule has 0 heterocycles. The molecule has 0 aromatic heterocycles. The fourth-order valence-electron chi connectivity index (χ4n) is 1.14. The molecule has 74 valence electrons. The number of hydrogen-bond donors (Lipinski definition) is 0. The number of nitrogens with zero attached hydrogens (tertiary/aromatic N) is 1. The fraction of sp³-hybridized carbons (Fsp3) is 0.364. The second-order valence-corrected chi connectivity index (χ2v) is 3.25. The molecule has 0 fully saturated rings. The molecule has 0 saturated carbocycles. The van der Waals surface area contributed by atoms with E-state index in [1.54, 1.807) is 6.07 Å². The Balaban J connectivity index is 2.97. The van der Waals surface area contributed by atoms with Crippen LogP contribution < -0.4 is 4.74 Å². The average molecular weight is 193 g/mol. The molecular formula is C11H12FNO. The van der Waals surface area contributed by atoms with Gasteiger partial charge in [-0.25, -0.2) is 4.39 Å². The number of hydrogen-bond acceptors (Lipinski definition) is 2. The summed E-state index contributed by atoms with van der Waals surface area (Å²) in [6, 6.07) is 6.20. The Morgan fingerprint density at radius 2 is 2.21 bits per heavy atom. The van der Waals surface area contributed by atoms with Gasteiger partial charge in [-0.15, -0.1) is 0 Å². The van der Waals surface area contributed by atoms with E-state index in [2.05, 4.69) is 0 Å². The van der Waals surface area contributed by atoms with Crippen molar-refractivity contribution in [2.24, 2.45) is 0 Å². The van der Waals surface area contributed by atoms with Gasteiger partial charge < -0.3 is 4.74 Å². The minimum atomic E-state index is -0.341. The van der Waals surface area contributed by atoms with Gasteiger partial charge in [-0.05, 0) is 32.0 Å². The van der Waals surface area contributed by atoms with Crippen LogP contribution in [0.5, 0.6) is 5.75 Å². The van der Waals surface area contributed by atoms with Crippen molar-refractivity contribution in [2.75, 3.05) is 0 Å². The van der Waals surface area contributed by atoms with Crippen LogP contribution in [0.1, 0.15) is 19.4 Å². The first-order valence-electron chi connectivity index (χ1n) is 4.45. The van der Waals surface area contributed by atoms with Gasteiger partial charge >= 0.3 is 0 Å². The van der Waals surface area contributed by atoms with E-state index in [1.165, 1.54) is 12.1 Å². The highest BCUT2D eigenvalue weighted by atomic mass is 19.1. The van der Waals surface area contributed by atoms with E-state index in [0.717, 1.165) is 0 Å². The van der Waals surface area contributed by atoms with Gasteiger partial charge in [0.25, 0.3) is 0 Å². The molecule has 2 nitrogen and oxygen atoms in total. The molecule has 0 aliphatic rings. The number of rotatable bonds is 3. The van der Waals surface area contributed by atoms with Gasteiger partial charge in [0.1, 0.15) is 11.6 Å². The zero-order chi connectivity index (χ0) is 10.6. The lowest BCUT2D eigenvalue weighted by Crippen LogP contribution is -2.07. The Morgan fingerprint density at radius 3 is 2.79 bits per heavy atom. The molecule has 0 saturated heterocycles. The van der Waals surface area contributed by atoms with E-state index in [-0.39, 0.29) is 18.3 Å². The number of nitriles is 1. The van der Waals surface area contributed by atoms with Crippen LogP contribution in [-0.4, -0.2) is 6.10 Å². The van der Waals surface area contributed by atoms with Crippen LogP contribution in [0.25, 0.3) is 0 Å². The molecule has 1 rings (SSSR count). The van der Waals surface area contributed by atoms with Gasteiger partial charge in [0.2, 0.25) is 0 Å². The van der Waals surface area contributed by atoms with E-state index in [0.29, 0.717) is 11.3 Å². The summed E-state index contributed by atoms with van der Waals surface area (Å²) >= 11 is 0. The highest BCUT2D eigenvalue weighted by Crippen LogP contribution is 2.21. The highest BCUT2D eigenvalue weighted by Gasteiger charge is 2.06. The number of benzene rings is 1. The van der Waals surface area contributed by atoms with Crippen LogP contribution in [0.15, 0.2) is 18.2 Å². The molecule has 3 heteroatoms. The SMILES string of the molecule is CC(C)Oc1ccc(F)cc1CC#N. The average Bonchev–Trinajstić information content (AvgIpc) is 2.09. The molecule has 14 heavy (non-hydrogen) atoms. The quantitative estimate of drug-likeness (QED) is 0.739. The number of halogens is 1. The molecule has 0 radical (unpaired) electrons. The normalized spacial score (nSPS) is 9.93. The van der Waals surface area contributed by atoms with Crippen molar-refractivity contribution >= 4 is 0 Å². The van der Waals surface area contributed by atoms with E-state index < -0.39 is 0 Å². The monoisotopic (exact) mass is 193 g/mol. The first-order chi connectivity index (χ1) is 6.63. The predicted molar refractivity (Wildman–Crippen MR) is 51.5 cm³/mol. The summed E-state index contributed by atoms with van der Waals surface area (Å²) in [4.78, 5) is 0. The molecule has 1 aromatic carbocycles. The topological polar surface area (TPSA) is 33.0 Å². The molecule has 1 aromatic rings. The molecule has 0 N–H and O–H groups in total. The minimum Gasteiger partial charge on any atom is -0.491 e. The van der Waals surface area contributed by atoms with Crippen molar-refractivity contribution in [3.63, 3.8) is 0 Å². The summed E-state index contributed by atoms with van der Waals surface area (Å²) in [7, 11) is 0. The van der Waals surface area contributed by atoms with Crippen molar-refractivity contribution in [3.8, 4) is 11.8 Å². The lowest BCUT2D eigenvalue weighted by atomic mass is 10.1. The van der Waals surface area contributed by atoms with Crippen LogP contribution in [0.4, 0.5) is 4.39 Å².